The van der Waals surface area contributed by atoms with Crippen LogP contribution in [0.15, 0.2) is 41.4 Å². The highest BCUT2D eigenvalue weighted by Crippen LogP contribution is 2.21. The quantitative estimate of drug-likeness (QED) is 0.550. The summed E-state index contributed by atoms with van der Waals surface area (Å²) in [6.07, 6.45) is 1.09. The molecule has 6 heteroatoms. The number of methoxy groups -OCH3 is 1. The summed E-state index contributed by atoms with van der Waals surface area (Å²) >= 11 is 1.85. The molecule has 2 aromatic rings. The van der Waals surface area contributed by atoms with Crippen molar-refractivity contribution in [3.8, 4) is 5.75 Å². The molecule has 0 bridgehead atoms. The van der Waals surface area contributed by atoms with Gasteiger partial charge in [-0.3, -0.25) is 4.99 Å². The monoisotopic (exact) mass is 374 g/mol. The van der Waals surface area contributed by atoms with E-state index >= 15 is 0 Å². The Balaban J connectivity index is 1.92. The molecule has 0 aliphatic heterocycles. The van der Waals surface area contributed by atoms with E-state index in [0.29, 0.717) is 0 Å². The molecule has 1 unspecified atom stereocenters. The second-order valence-electron chi connectivity index (χ2n) is 6.28. The summed E-state index contributed by atoms with van der Waals surface area (Å²) in [7, 11) is 7.67. The molecule has 0 amide bonds. The standard InChI is InChI=1S/C20H30N4OS/c1-6-17-11-12-18(26-17)13-22-20(21-2)23-14-19(24(3)4)15-7-9-16(25-5)10-8-15/h7-12,19H,6,13-14H2,1-5H3,(H2,21,22,23). The van der Waals surface area contributed by atoms with Crippen LogP contribution in [0.25, 0.3) is 0 Å². The molecule has 0 spiro atoms. The lowest BCUT2D eigenvalue weighted by molar-refractivity contribution is 0.298. The molecule has 1 heterocycles. The molecule has 1 aromatic carbocycles. The van der Waals surface area contributed by atoms with E-state index in [1.807, 2.05) is 23.5 Å². The van der Waals surface area contributed by atoms with Crippen molar-refractivity contribution in [2.45, 2.75) is 25.9 Å². The molecule has 142 valence electrons. The van der Waals surface area contributed by atoms with Gasteiger partial charge in [0.1, 0.15) is 5.75 Å². The minimum absolute atomic E-state index is 0.243. The van der Waals surface area contributed by atoms with Gasteiger partial charge in [0.05, 0.1) is 19.7 Å². The maximum atomic E-state index is 5.25. The van der Waals surface area contributed by atoms with Crippen LogP contribution in [0.4, 0.5) is 0 Å². The molecule has 2 rings (SSSR count). The highest BCUT2D eigenvalue weighted by Gasteiger charge is 2.15. The highest BCUT2D eigenvalue weighted by molar-refractivity contribution is 7.11. The molecule has 0 fully saturated rings. The van der Waals surface area contributed by atoms with E-state index in [4.69, 9.17) is 4.74 Å². The SMILES string of the molecule is CCc1ccc(CNC(=NC)NCC(c2ccc(OC)cc2)N(C)C)s1. The average Bonchev–Trinajstić information content (AvgIpc) is 3.12. The maximum Gasteiger partial charge on any atom is 0.191 e. The summed E-state index contributed by atoms with van der Waals surface area (Å²) in [6, 6.07) is 12.8. The fourth-order valence-electron chi connectivity index (χ4n) is 2.72. The fraction of sp³-hybridized carbons (Fsp3) is 0.450. The number of thiophene rings is 1. The molecule has 0 radical (unpaired) electrons. The van der Waals surface area contributed by atoms with Gasteiger partial charge in [0.25, 0.3) is 0 Å². The Hall–Kier alpha value is -2.05. The van der Waals surface area contributed by atoms with Gasteiger partial charge in [-0.15, -0.1) is 11.3 Å². The number of hydrogen-bond acceptors (Lipinski definition) is 4. The Labute approximate surface area is 161 Å². The number of rotatable bonds is 8. The molecule has 2 N–H and O–H groups in total. The van der Waals surface area contributed by atoms with Crippen molar-refractivity contribution >= 4 is 17.3 Å². The van der Waals surface area contributed by atoms with Gasteiger partial charge >= 0.3 is 0 Å². The van der Waals surface area contributed by atoms with Gasteiger partial charge < -0.3 is 20.3 Å². The topological polar surface area (TPSA) is 48.9 Å². The molecule has 5 nitrogen and oxygen atoms in total. The van der Waals surface area contributed by atoms with Crippen molar-refractivity contribution in [3.63, 3.8) is 0 Å². The van der Waals surface area contributed by atoms with Crippen LogP contribution in [-0.4, -0.2) is 45.7 Å². The smallest absolute Gasteiger partial charge is 0.191 e. The minimum Gasteiger partial charge on any atom is -0.497 e. The molecule has 1 atom stereocenters. The lowest BCUT2D eigenvalue weighted by atomic mass is 10.1. The predicted molar refractivity (Wildman–Crippen MR) is 111 cm³/mol. The largest absolute Gasteiger partial charge is 0.497 e. The Kier molecular flexibility index (Phi) is 7.94. The number of nitrogens with one attached hydrogen (secondary N) is 2. The van der Waals surface area contributed by atoms with E-state index in [9.17, 15) is 0 Å². The van der Waals surface area contributed by atoms with Crippen molar-refractivity contribution in [2.24, 2.45) is 4.99 Å². The van der Waals surface area contributed by atoms with Gasteiger partial charge in [0.15, 0.2) is 5.96 Å². The van der Waals surface area contributed by atoms with Gasteiger partial charge in [-0.2, -0.15) is 0 Å². The maximum absolute atomic E-state index is 5.25. The molecule has 0 aliphatic carbocycles. The number of aryl methyl sites for hydroxylation is 1. The zero-order chi connectivity index (χ0) is 18.9. The van der Waals surface area contributed by atoms with Crippen molar-refractivity contribution in [3.05, 3.63) is 51.7 Å². The summed E-state index contributed by atoms with van der Waals surface area (Å²) in [5.74, 6) is 1.69. The number of hydrogen-bond donors (Lipinski definition) is 2. The third kappa shape index (κ3) is 5.75. The number of benzene rings is 1. The van der Waals surface area contributed by atoms with E-state index in [-0.39, 0.29) is 6.04 Å². The van der Waals surface area contributed by atoms with E-state index in [0.717, 1.165) is 31.2 Å². The second-order valence-corrected chi connectivity index (χ2v) is 7.53. The summed E-state index contributed by atoms with van der Waals surface area (Å²) in [6.45, 7) is 3.74. The van der Waals surface area contributed by atoms with Crippen molar-refractivity contribution in [2.75, 3.05) is 34.8 Å². The van der Waals surface area contributed by atoms with Crippen LogP contribution in [0.5, 0.6) is 5.75 Å². The molecule has 1 aromatic heterocycles. The van der Waals surface area contributed by atoms with E-state index in [2.05, 4.69) is 65.8 Å². The number of likely N-dealkylation sites (N-methyl/N-ethyl adjacent to an activating group) is 1. The lowest BCUT2D eigenvalue weighted by Crippen LogP contribution is -2.41. The molecule has 0 saturated carbocycles. The van der Waals surface area contributed by atoms with Crippen molar-refractivity contribution in [1.82, 2.24) is 15.5 Å². The predicted octanol–water partition coefficient (Wildman–Crippen LogP) is 3.29. The zero-order valence-electron chi connectivity index (χ0n) is 16.4. The third-order valence-corrected chi connectivity index (χ3v) is 5.54. The first-order chi connectivity index (χ1) is 12.6. The highest BCUT2D eigenvalue weighted by atomic mass is 32.1. The van der Waals surface area contributed by atoms with Gasteiger partial charge in [0.2, 0.25) is 0 Å². The minimum atomic E-state index is 0.243. The number of ether oxygens (including phenoxy) is 1. The first-order valence-corrected chi connectivity index (χ1v) is 9.71. The van der Waals surface area contributed by atoms with Gasteiger partial charge in [-0.05, 0) is 50.3 Å². The molecule has 26 heavy (non-hydrogen) atoms. The van der Waals surface area contributed by atoms with Crippen molar-refractivity contribution in [1.29, 1.82) is 0 Å². The first-order valence-electron chi connectivity index (χ1n) is 8.89. The van der Waals surface area contributed by atoms with Crippen LogP contribution < -0.4 is 15.4 Å². The van der Waals surface area contributed by atoms with E-state index in [1.165, 1.54) is 15.3 Å². The summed E-state index contributed by atoms with van der Waals surface area (Å²) < 4.78 is 5.25. The summed E-state index contributed by atoms with van der Waals surface area (Å²) in [5.41, 5.74) is 1.24. The van der Waals surface area contributed by atoms with Crippen LogP contribution in [0.2, 0.25) is 0 Å². The van der Waals surface area contributed by atoms with Gasteiger partial charge in [-0.1, -0.05) is 19.1 Å². The Bertz CT molecular complexity index is 694. The average molecular weight is 375 g/mol. The normalized spacial score (nSPS) is 12.9. The number of nitrogens with zero attached hydrogens (tertiary/aromatic N) is 2. The van der Waals surface area contributed by atoms with Crippen LogP contribution >= 0.6 is 11.3 Å². The van der Waals surface area contributed by atoms with Crippen LogP contribution in [0.3, 0.4) is 0 Å². The van der Waals surface area contributed by atoms with Crippen LogP contribution in [-0.2, 0) is 13.0 Å². The van der Waals surface area contributed by atoms with E-state index in [1.54, 1.807) is 14.2 Å². The van der Waals surface area contributed by atoms with Gasteiger partial charge in [-0.25, -0.2) is 0 Å². The van der Waals surface area contributed by atoms with Crippen LogP contribution in [0.1, 0.15) is 28.3 Å². The Morgan fingerprint density at radius 2 is 1.81 bits per heavy atom. The molecule has 0 saturated heterocycles. The van der Waals surface area contributed by atoms with E-state index < -0.39 is 0 Å². The third-order valence-electron chi connectivity index (χ3n) is 4.31. The first kappa shape index (κ1) is 20.3. The van der Waals surface area contributed by atoms with Crippen molar-refractivity contribution < 1.29 is 4.74 Å². The molecular weight excluding hydrogens is 344 g/mol. The Morgan fingerprint density at radius 1 is 1.12 bits per heavy atom. The van der Waals surface area contributed by atoms with Crippen LogP contribution in [0, 0.1) is 0 Å². The number of guanidine groups is 1. The zero-order valence-corrected chi connectivity index (χ0v) is 17.2. The summed E-state index contributed by atoms with van der Waals surface area (Å²) in [4.78, 5) is 9.28. The molecule has 0 aliphatic rings. The lowest BCUT2D eigenvalue weighted by Gasteiger charge is -2.26. The molecular formula is C20H30N4OS. The fourth-order valence-corrected chi connectivity index (χ4v) is 3.61. The second kappa shape index (κ2) is 10.2. The van der Waals surface area contributed by atoms with Gasteiger partial charge in [0, 0.05) is 23.3 Å². The summed E-state index contributed by atoms with van der Waals surface area (Å²) in [5, 5.41) is 6.84. The number of aliphatic imine (C=N–C) groups is 1. The Morgan fingerprint density at radius 3 is 2.35 bits per heavy atom.